The summed E-state index contributed by atoms with van der Waals surface area (Å²) >= 11 is 0. The zero-order chi connectivity index (χ0) is 13.8. The number of aromatic nitrogens is 2. The van der Waals surface area contributed by atoms with E-state index in [4.69, 9.17) is 4.74 Å². The van der Waals surface area contributed by atoms with Gasteiger partial charge in [0.25, 0.3) is 0 Å². The molecule has 0 aliphatic heterocycles. The molecule has 0 atom stereocenters. The van der Waals surface area contributed by atoms with E-state index in [2.05, 4.69) is 27.4 Å². The summed E-state index contributed by atoms with van der Waals surface area (Å²) in [4.78, 5) is 7.83. The van der Waals surface area contributed by atoms with Crippen molar-refractivity contribution in [3.63, 3.8) is 0 Å². The number of nitrogens with zero attached hydrogens (tertiary/aromatic N) is 1. The van der Waals surface area contributed by atoms with Crippen molar-refractivity contribution >= 4 is 11.0 Å². The molecule has 102 valence electrons. The van der Waals surface area contributed by atoms with Crippen LogP contribution in [0, 0.1) is 0 Å². The number of imidazole rings is 1. The monoisotopic (exact) mass is 267 g/mol. The molecule has 3 rings (SSSR count). The Morgan fingerprint density at radius 2 is 2.00 bits per heavy atom. The number of para-hydroxylation sites is 1. The highest BCUT2D eigenvalue weighted by molar-refractivity contribution is 5.75. The fourth-order valence-electron chi connectivity index (χ4n) is 2.16. The van der Waals surface area contributed by atoms with Gasteiger partial charge in [-0.15, -0.1) is 0 Å². The highest BCUT2D eigenvalue weighted by Gasteiger charge is 2.04. The average molecular weight is 267 g/mol. The number of benzene rings is 2. The van der Waals surface area contributed by atoms with E-state index in [-0.39, 0.29) is 0 Å². The lowest BCUT2D eigenvalue weighted by atomic mass is 10.2. The third-order valence-electron chi connectivity index (χ3n) is 3.09. The first-order chi connectivity index (χ1) is 9.85. The van der Waals surface area contributed by atoms with Gasteiger partial charge in [0, 0.05) is 6.54 Å². The summed E-state index contributed by atoms with van der Waals surface area (Å²) in [5, 5.41) is 3.14. The fourth-order valence-corrected chi connectivity index (χ4v) is 2.16. The normalized spacial score (nSPS) is 10.8. The van der Waals surface area contributed by atoms with Crippen molar-refractivity contribution in [1.29, 1.82) is 0 Å². The van der Waals surface area contributed by atoms with E-state index in [9.17, 15) is 0 Å². The van der Waals surface area contributed by atoms with Crippen molar-refractivity contribution in [2.45, 2.75) is 13.2 Å². The Kier molecular flexibility index (Phi) is 3.65. The number of hydrogen-bond acceptors (Lipinski definition) is 3. The van der Waals surface area contributed by atoms with Gasteiger partial charge in [0.15, 0.2) is 0 Å². The molecular formula is C16H17N3O. The van der Waals surface area contributed by atoms with Gasteiger partial charge in [0.1, 0.15) is 18.2 Å². The van der Waals surface area contributed by atoms with Gasteiger partial charge in [-0.2, -0.15) is 0 Å². The van der Waals surface area contributed by atoms with E-state index in [1.165, 1.54) is 5.56 Å². The second-order valence-corrected chi connectivity index (χ2v) is 4.67. The molecule has 20 heavy (non-hydrogen) atoms. The molecule has 0 saturated heterocycles. The molecule has 2 N–H and O–H groups in total. The van der Waals surface area contributed by atoms with Crippen LogP contribution < -0.4 is 10.1 Å². The minimum absolute atomic E-state index is 0.444. The number of H-pyrrole nitrogens is 1. The molecule has 4 nitrogen and oxygen atoms in total. The molecule has 0 bridgehead atoms. The topological polar surface area (TPSA) is 49.9 Å². The standard InChI is InChI=1S/C16H17N3O/c1-17-10-12-7-8-14-15(9-12)19-16(18-14)11-20-13-5-3-2-4-6-13/h2-9,17H,10-11H2,1H3,(H,18,19). The van der Waals surface area contributed by atoms with Crippen LogP contribution in [0.5, 0.6) is 5.75 Å². The molecule has 0 saturated carbocycles. The van der Waals surface area contributed by atoms with Crippen LogP contribution in [0.25, 0.3) is 11.0 Å². The van der Waals surface area contributed by atoms with Crippen LogP contribution >= 0.6 is 0 Å². The minimum atomic E-state index is 0.444. The highest BCUT2D eigenvalue weighted by Crippen LogP contribution is 2.16. The minimum Gasteiger partial charge on any atom is -0.486 e. The third-order valence-corrected chi connectivity index (χ3v) is 3.09. The van der Waals surface area contributed by atoms with Gasteiger partial charge in [-0.1, -0.05) is 24.3 Å². The van der Waals surface area contributed by atoms with Crippen LogP contribution in [-0.2, 0) is 13.2 Å². The Balaban J connectivity index is 1.75. The van der Waals surface area contributed by atoms with Gasteiger partial charge in [0.05, 0.1) is 11.0 Å². The molecule has 4 heteroatoms. The van der Waals surface area contributed by atoms with Crippen LogP contribution in [0.3, 0.4) is 0 Å². The van der Waals surface area contributed by atoms with Crippen LogP contribution in [0.4, 0.5) is 0 Å². The van der Waals surface area contributed by atoms with Crippen molar-refractivity contribution in [1.82, 2.24) is 15.3 Å². The molecule has 0 radical (unpaired) electrons. The van der Waals surface area contributed by atoms with E-state index in [0.717, 1.165) is 29.2 Å². The van der Waals surface area contributed by atoms with E-state index >= 15 is 0 Å². The second kappa shape index (κ2) is 5.75. The molecule has 0 aliphatic carbocycles. The van der Waals surface area contributed by atoms with Crippen molar-refractivity contribution in [2.75, 3.05) is 7.05 Å². The first kappa shape index (κ1) is 12.7. The first-order valence-electron chi connectivity index (χ1n) is 6.65. The summed E-state index contributed by atoms with van der Waals surface area (Å²) in [6.45, 7) is 1.30. The summed E-state index contributed by atoms with van der Waals surface area (Å²) in [6, 6.07) is 16.0. The van der Waals surface area contributed by atoms with Crippen LogP contribution in [-0.4, -0.2) is 17.0 Å². The smallest absolute Gasteiger partial charge is 0.146 e. The van der Waals surface area contributed by atoms with Gasteiger partial charge in [-0.3, -0.25) is 0 Å². The van der Waals surface area contributed by atoms with Crippen molar-refractivity contribution in [3.05, 3.63) is 59.9 Å². The Labute approximate surface area is 117 Å². The first-order valence-corrected chi connectivity index (χ1v) is 6.65. The Morgan fingerprint density at radius 3 is 2.80 bits per heavy atom. The predicted molar refractivity (Wildman–Crippen MR) is 79.6 cm³/mol. The van der Waals surface area contributed by atoms with E-state index in [1.807, 2.05) is 43.4 Å². The number of hydrogen-bond donors (Lipinski definition) is 2. The zero-order valence-corrected chi connectivity index (χ0v) is 11.4. The van der Waals surface area contributed by atoms with Crippen LogP contribution in [0.2, 0.25) is 0 Å². The molecule has 0 unspecified atom stereocenters. The SMILES string of the molecule is CNCc1ccc2nc(COc3ccccc3)[nH]c2c1. The summed E-state index contributed by atoms with van der Waals surface area (Å²) in [7, 11) is 1.94. The quantitative estimate of drug-likeness (QED) is 0.747. The highest BCUT2D eigenvalue weighted by atomic mass is 16.5. The van der Waals surface area contributed by atoms with Crippen molar-refractivity contribution < 1.29 is 4.74 Å². The zero-order valence-electron chi connectivity index (χ0n) is 11.4. The lowest BCUT2D eigenvalue weighted by Gasteiger charge is -2.02. The lowest BCUT2D eigenvalue weighted by Crippen LogP contribution is -2.04. The van der Waals surface area contributed by atoms with Crippen molar-refractivity contribution in [2.24, 2.45) is 0 Å². The number of rotatable bonds is 5. The van der Waals surface area contributed by atoms with Crippen LogP contribution in [0.15, 0.2) is 48.5 Å². The maximum atomic E-state index is 5.69. The molecule has 1 heterocycles. The van der Waals surface area contributed by atoms with Gasteiger partial charge < -0.3 is 15.0 Å². The summed E-state index contributed by atoms with van der Waals surface area (Å²) in [5.74, 6) is 1.69. The van der Waals surface area contributed by atoms with Gasteiger partial charge in [-0.05, 0) is 36.9 Å². The Bertz CT molecular complexity index is 691. The summed E-state index contributed by atoms with van der Waals surface area (Å²) < 4.78 is 5.69. The third kappa shape index (κ3) is 2.81. The number of ether oxygens (including phenoxy) is 1. The van der Waals surface area contributed by atoms with Gasteiger partial charge in [0.2, 0.25) is 0 Å². The molecule has 0 amide bonds. The van der Waals surface area contributed by atoms with E-state index < -0.39 is 0 Å². The van der Waals surface area contributed by atoms with E-state index in [0.29, 0.717) is 6.61 Å². The van der Waals surface area contributed by atoms with Crippen LogP contribution in [0.1, 0.15) is 11.4 Å². The van der Waals surface area contributed by atoms with Crippen molar-refractivity contribution in [3.8, 4) is 5.75 Å². The molecule has 0 fully saturated rings. The maximum absolute atomic E-state index is 5.69. The maximum Gasteiger partial charge on any atom is 0.146 e. The largest absolute Gasteiger partial charge is 0.486 e. The summed E-state index contributed by atoms with van der Waals surface area (Å²) in [5.41, 5.74) is 3.25. The fraction of sp³-hybridized carbons (Fsp3) is 0.188. The second-order valence-electron chi connectivity index (χ2n) is 4.67. The molecule has 2 aromatic carbocycles. The van der Waals surface area contributed by atoms with Gasteiger partial charge in [-0.25, -0.2) is 4.98 Å². The average Bonchev–Trinajstić information content (AvgIpc) is 2.89. The predicted octanol–water partition coefficient (Wildman–Crippen LogP) is 2.86. The summed E-state index contributed by atoms with van der Waals surface area (Å²) in [6.07, 6.45) is 0. The van der Waals surface area contributed by atoms with E-state index in [1.54, 1.807) is 0 Å². The number of nitrogens with one attached hydrogen (secondary N) is 2. The molecule has 0 aliphatic rings. The molecule has 3 aromatic rings. The number of fused-ring (bicyclic) bond motifs is 1. The number of aromatic amines is 1. The Hall–Kier alpha value is -2.33. The molecule has 1 aromatic heterocycles. The Morgan fingerprint density at radius 1 is 1.15 bits per heavy atom. The molecule has 0 spiro atoms. The molecular weight excluding hydrogens is 250 g/mol. The lowest BCUT2D eigenvalue weighted by molar-refractivity contribution is 0.297. The van der Waals surface area contributed by atoms with Gasteiger partial charge >= 0.3 is 0 Å².